The van der Waals surface area contributed by atoms with Crippen molar-refractivity contribution in [3.63, 3.8) is 0 Å². The Bertz CT molecular complexity index is 1550. The molecule has 0 aliphatic heterocycles. The third-order valence-electron chi connectivity index (χ3n) is 6.94. The van der Waals surface area contributed by atoms with Crippen LogP contribution in [0.1, 0.15) is 15.9 Å². The van der Waals surface area contributed by atoms with Crippen LogP contribution < -0.4 is 0 Å². The Labute approximate surface area is 223 Å². The van der Waals surface area contributed by atoms with Gasteiger partial charge in [-0.3, -0.25) is 4.79 Å². The predicted molar refractivity (Wildman–Crippen MR) is 158 cm³/mol. The van der Waals surface area contributed by atoms with Crippen LogP contribution in [0.4, 0.5) is 0 Å². The van der Waals surface area contributed by atoms with E-state index in [-0.39, 0.29) is 5.78 Å². The van der Waals surface area contributed by atoms with E-state index in [9.17, 15) is 4.79 Å². The molecule has 0 saturated carbocycles. The Hall–Kier alpha value is -5.01. The van der Waals surface area contributed by atoms with Crippen LogP contribution in [0.25, 0.3) is 44.5 Å². The zero-order chi connectivity index (χ0) is 25.7. The van der Waals surface area contributed by atoms with Crippen molar-refractivity contribution in [2.75, 3.05) is 0 Å². The zero-order valence-corrected chi connectivity index (χ0v) is 20.9. The molecule has 6 aromatic carbocycles. The van der Waals surface area contributed by atoms with Crippen molar-refractivity contribution in [3.05, 3.63) is 169 Å². The van der Waals surface area contributed by atoms with Gasteiger partial charge in [0, 0.05) is 11.1 Å². The molecule has 0 amide bonds. The quantitative estimate of drug-likeness (QED) is 0.214. The molecule has 0 saturated heterocycles. The van der Waals surface area contributed by atoms with Crippen molar-refractivity contribution in [3.8, 4) is 44.5 Å². The Morgan fingerprint density at radius 2 is 0.553 bits per heavy atom. The number of rotatable bonds is 6. The second kappa shape index (κ2) is 10.5. The molecule has 0 N–H and O–H groups in total. The fourth-order valence-corrected chi connectivity index (χ4v) is 4.98. The molecule has 0 aliphatic carbocycles. The Morgan fingerprint density at radius 3 is 0.868 bits per heavy atom. The molecule has 180 valence electrons. The normalized spacial score (nSPS) is 10.7. The van der Waals surface area contributed by atoms with E-state index in [1.54, 1.807) is 0 Å². The van der Waals surface area contributed by atoms with Crippen LogP contribution in [0.5, 0.6) is 0 Å². The van der Waals surface area contributed by atoms with Gasteiger partial charge < -0.3 is 0 Å². The molecule has 0 atom stereocenters. The van der Waals surface area contributed by atoms with Gasteiger partial charge in [0.15, 0.2) is 5.78 Å². The van der Waals surface area contributed by atoms with Gasteiger partial charge in [0.05, 0.1) is 0 Å². The first-order valence-electron chi connectivity index (χ1n) is 12.8. The summed E-state index contributed by atoms with van der Waals surface area (Å²) < 4.78 is 0. The van der Waals surface area contributed by atoms with Crippen LogP contribution in [0.3, 0.4) is 0 Å². The molecule has 0 fully saturated rings. The summed E-state index contributed by atoms with van der Waals surface area (Å²) in [6.07, 6.45) is 0. The molecular formula is C37H26O. The van der Waals surface area contributed by atoms with E-state index in [2.05, 4.69) is 97.1 Å². The lowest BCUT2D eigenvalue weighted by Crippen LogP contribution is -2.01. The third kappa shape index (κ3) is 4.70. The van der Waals surface area contributed by atoms with E-state index in [0.29, 0.717) is 11.1 Å². The number of carbonyl (C=O) groups excluding carboxylic acids is 1. The van der Waals surface area contributed by atoms with Crippen LogP contribution in [0.2, 0.25) is 0 Å². The first-order valence-corrected chi connectivity index (χ1v) is 12.8. The number of benzene rings is 6. The van der Waals surface area contributed by atoms with Gasteiger partial charge in [-0.1, -0.05) is 158 Å². The minimum absolute atomic E-state index is 0.0239. The van der Waals surface area contributed by atoms with Crippen LogP contribution in [-0.4, -0.2) is 5.78 Å². The van der Waals surface area contributed by atoms with Gasteiger partial charge >= 0.3 is 0 Å². The topological polar surface area (TPSA) is 17.1 Å². The highest BCUT2D eigenvalue weighted by atomic mass is 16.1. The molecule has 0 heterocycles. The van der Waals surface area contributed by atoms with Crippen molar-refractivity contribution >= 4 is 5.78 Å². The van der Waals surface area contributed by atoms with Gasteiger partial charge in [0.2, 0.25) is 0 Å². The summed E-state index contributed by atoms with van der Waals surface area (Å²) in [5.41, 5.74) is 10.6. The highest BCUT2D eigenvalue weighted by molar-refractivity contribution is 6.09. The van der Waals surface area contributed by atoms with Crippen LogP contribution in [-0.2, 0) is 0 Å². The van der Waals surface area contributed by atoms with Crippen molar-refractivity contribution < 1.29 is 4.79 Å². The molecule has 0 radical (unpaired) electrons. The van der Waals surface area contributed by atoms with E-state index < -0.39 is 0 Å². The molecule has 0 aliphatic rings. The lowest BCUT2D eigenvalue weighted by Gasteiger charge is -2.12. The number of hydrogen-bond acceptors (Lipinski definition) is 1. The summed E-state index contributed by atoms with van der Waals surface area (Å²) >= 11 is 0. The van der Waals surface area contributed by atoms with Crippen LogP contribution >= 0.6 is 0 Å². The molecular weight excluding hydrogens is 460 g/mol. The second-order valence-corrected chi connectivity index (χ2v) is 9.31. The summed E-state index contributed by atoms with van der Waals surface area (Å²) in [7, 11) is 0. The maximum atomic E-state index is 13.3. The minimum Gasteiger partial charge on any atom is -0.289 e. The third-order valence-corrected chi connectivity index (χ3v) is 6.94. The average molecular weight is 487 g/mol. The van der Waals surface area contributed by atoms with Gasteiger partial charge in [-0.25, -0.2) is 0 Å². The van der Waals surface area contributed by atoms with E-state index in [4.69, 9.17) is 0 Å². The zero-order valence-electron chi connectivity index (χ0n) is 20.9. The smallest absolute Gasteiger partial charge is 0.193 e. The molecule has 1 nitrogen and oxygen atoms in total. The fraction of sp³-hybridized carbons (Fsp3) is 0. The van der Waals surface area contributed by atoms with Crippen molar-refractivity contribution in [2.45, 2.75) is 0 Å². The average Bonchev–Trinajstić information content (AvgIpc) is 3.02. The van der Waals surface area contributed by atoms with Gasteiger partial charge in [-0.2, -0.15) is 0 Å². The standard InChI is InChI=1S/C37H26O/c38-37(31-23-19-29(20-24-31)35-17-9-7-15-33(35)27-11-3-1-4-12-27)32-25-21-30(22-26-32)36-18-10-8-16-34(36)28-13-5-2-6-14-28/h1-26H. The molecule has 0 unspecified atom stereocenters. The van der Waals surface area contributed by atoms with E-state index in [1.807, 2.05) is 60.7 Å². The molecule has 0 aromatic heterocycles. The summed E-state index contributed by atoms with van der Waals surface area (Å²) in [6.45, 7) is 0. The van der Waals surface area contributed by atoms with Gasteiger partial charge in [-0.15, -0.1) is 0 Å². The van der Waals surface area contributed by atoms with Crippen LogP contribution in [0.15, 0.2) is 158 Å². The fourth-order valence-electron chi connectivity index (χ4n) is 4.98. The first kappa shape index (κ1) is 23.4. The number of ketones is 1. The molecule has 1 heteroatoms. The lowest BCUT2D eigenvalue weighted by atomic mass is 9.92. The summed E-state index contributed by atoms with van der Waals surface area (Å²) in [5, 5.41) is 0. The van der Waals surface area contributed by atoms with E-state index >= 15 is 0 Å². The van der Waals surface area contributed by atoms with E-state index in [1.165, 1.54) is 22.3 Å². The summed E-state index contributed by atoms with van der Waals surface area (Å²) in [6, 6.07) is 53.4. The largest absolute Gasteiger partial charge is 0.289 e. The molecule has 6 rings (SSSR count). The summed E-state index contributed by atoms with van der Waals surface area (Å²) in [5.74, 6) is 0.0239. The monoisotopic (exact) mass is 486 g/mol. The van der Waals surface area contributed by atoms with E-state index in [0.717, 1.165) is 22.3 Å². The maximum absolute atomic E-state index is 13.3. The highest BCUT2D eigenvalue weighted by Gasteiger charge is 2.13. The predicted octanol–water partition coefficient (Wildman–Crippen LogP) is 9.59. The lowest BCUT2D eigenvalue weighted by molar-refractivity contribution is 0.103. The van der Waals surface area contributed by atoms with Gasteiger partial charge in [0.1, 0.15) is 0 Å². The second-order valence-electron chi connectivity index (χ2n) is 9.31. The van der Waals surface area contributed by atoms with Gasteiger partial charge in [0.25, 0.3) is 0 Å². The molecule has 0 bridgehead atoms. The number of carbonyl (C=O) groups is 1. The number of hydrogen-bond donors (Lipinski definition) is 0. The van der Waals surface area contributed by atoms with Gasteiger partial charge in [-0.05, 0) is 44.5 Å². The minimum atomic E-state index is 0.0239. The Balaban J connectivity index is 1.26. The SMILES string of the molecule is O=C(c1ccc(-c2ccccc2-c2ccccc2)cc1)c1ccc(-c2ccccc2-c2ccccc2)cc1. The Morgan fingerprint density at radius 1 is 0.289 bits per heavy atom. The first-order chi connectivity index (χ1) is 18.8. The maximum Gasteiger partial charge on any atom is 0.193 e. The molecule has 38 heavy (non-hydrogen) atoms. The highest BCUT2D eigenvalue weighted by Crippen LogP contribution is 2.33. The van der Waals surface area contributed by atoms with Crippen molar-refractivity contribution in [1.82, 2.24) is 0 Å². The van der Waals surface area contributed by atoms with Crippen molar-refractivity contribution in [1.29, 1.82) is 0 Å². The van der Waals surface area contributed by atoms with Crippen LogP contribution in [0, 0.1) is 0 Å². The molecule has 0 spiro atoms. The molecule has 6 aromatic rings. The Kier molecular flexibility index (Phi) is 6.49. The van der Waals surface area contributed by atoms with Crippen molar-refractivity contribution in [2.24, 2.45) is 0 Å². The summed E-state index contributed by atoms with van der Waals surface area (Å²) in [4.78, 5) is 13.3.